The number of nitrogens with zero attached hydrogens (tertiary/aromatic N) is 1. The molecule has 1 N–H and O–H groups in total. The van der Waals surface area contributed by atoms with Crippen LogP contribution in [0.25, 0.3) is 0 Å². The Bertz CT molecular complexity index is 315. The van der Waals surface area contributed by atoms with Gasteiger partial charge in [0.1, 0.15) is 0 Å². The molecule has 0 bridgehead atoms. The molecular weight excluding hydrogens is 256 g/mol. The fourth-order valence-electron chi connectivity index (χ4n) is 3.27. The zero-order chi connectivity index (χ0) is 13.9. The Morgan fingerprint density at radius 1 is 1.37 bits per heavy atom. The molecule has 0 spiro atoms. The van der Waals surface area contributed by atoms with Gasteiger partial charge in [-0.3, -0.25) is 10.1 Å². The van der Waals surface area contributed by atoms with Crippen molar-refractivity contribution in [3.05, 3.63) is 0 Å². The third-order valence-electron chi connectivity index (χ3n) is 4.30. The quantitative estimate of drug-likeness (QED) is 0.814. The van der Waals surface area contributed by atoms with E-state index in [1.165, 1.54) is 18.6 Å². The van der Waals surface area contributed by atoms with E-state index in [2.05, 4.69) is 31.0 Å². The molecule has 2 aliphatic rings. The lowest BCUT2D eigenvalue weighted by Crippen LogP contribution is -2.44. The zero-order valence-corrected chi connectivity index (χ0v) is 13.4. The van der Waals surface area contributed by atoms with Crippen LogP contribution in [0, 0.1) is 0 Å². The van der Waals surface area contributed by atoms with Crippen LogP contribution >= 0.6 is 11.8 Å². The minimum Gasteiger partial charge on any atom is -0.324 e. The maximum absolute atomic E-state index is 12.6. The first kappa shape index (κ1) is 15.2. The van der Waals surface area contributed by atoms with Crippen molar-refractivity contribution >= 4 is 17.7 Å². The van der Waals surface area contributed by atoms with Gasteiger partial charge in [-0.2, -0.15) is 11.8 Å². The standard InChI is InChI=1S/C15H28N2OS/c1-4-7-12-14(18)17(13(16-12)8-5-2)11-15(3)9-6-10-19-15/h12-13,16H,4-11H2,1-3H3. The van der Waals surface area contributed by atoms with Crippen LogP contribution in [-0.2, 0) is 4.79 Å². The van der Waals surface area contributed by atoms with Gasteiger partial charge in [0.05, 0.1) is 12.2 Å². The number of carbonyl (C=O) groups excluding carboxylic acids is 1. The fourth-order valence-corrected chi connectivity index (χ4v) is 4.57. The molecular formula is C15H28N2OS. The average Bonchev–Trinajstić information content (AvgIpc) is 2.91. The second-order valence-corrected chi connectivity index (χ2v) is 7.86. The van der Waals surface area contributed by atoms with E-state index >= 15 is 0 Å². The molecule has 2 saturated heterocycles. The normalized spacial score (nSPS) is 35.3. The van der Waals surface area contributed by atoms with Crippen LogP contribution in [0.1, 0.15) is 59.3 Å². The van der Waals surface area contributed by atoms with Gasteiger partial charge in [0.2, 0.25) is 5.91 Å². The molecule has 1 amide bonds. The Morgan fingerprint density at radius 2 is 2.11 bits per heavy atom. The van der Waals surface area contributed by atoms with Gasteiger partial charge in [0.15, 0.2) is 0 Å². The molecule has 3 nitrogen and oxygen atoms in total. The third-order valence-corrected chi connectivity index (χ3v) is 5.82. The molecule has 2 fully saturated rings. The predicted octanol–water partition coefficient (Wildman–Crippen LogP) is 3.00. The SMILES string of the molecule is CCCC1NC(CCC)N(CC2(C)CCCS2)C1=O. The zero-order valence-electron chi connectivity index (χ0n) is 12.6. The third kappa shape index (κ3) is 3.46. The number of amides is 1. The summed E-state index contributed by atoms with van der Waals surface area (Å²) in [5, 5.41) is 3.55. The van der Waals surface area contributed by atoms with Crippen LogP contribution in [-0.4, -0.2) is 40.1 Å². The van der Waals surface area contributed by atoms with E-state index < -0.39 is 0 Å². The first-order chi connectivity index (χ1) is 9.09. The highest BCUT2D eigenvalue weighted by Crippen LogP contribution is 2.39. The lowest BCUT2D eigenvalue weighted by molar-refractivity contribution is -0.130. The van der Waals surface area contributed by atoms with Crippen LogP contribution in [0.2, 0.25) is 0 Å². The Hall–Kier alpha value is -0.220. The molecule has 2 aliphatic heterocycles. The van der Waals surface area contributed by atoms with Gasteiger partial charge in [-0.25, -0.2) is 0 Å². The molecule has 0 aliphatic carbocycles. The molecule has 3 atom stereocenters. The Kier molecular flexibility index (Phi) is 5.18. The number of nitrogens with one attached hydrogen (secondary N) is 1. The smallest absolute Gasteiger partial charge is 0.241 e. The number of carbonyl (C=O) groups is 1. The summed E-state index contributed by atoms with van der Waals surface area (Å²) in [6, 6.07) is 0.0663. The van der Waals surface area contributed by atoms with E-state index in [9.17, 15) is 4.79 Å². The van der Waals surface area contributed by atoms with Crippen LogP contribution in [0.3, 0.4) is 0 Å². The Labute approximate surface area is 121 Å². The van der Waals surface area contributed by atoms with Crippen LogP contribution in [0.5, 0.6) is 0 Å². The molecule has 2 rings (SSSR count). The molecule has 110 valence electrons. The predicted molar refractivity (Wildman–Crippen MR) is 82.3 cm³/mol. The molecule has 19 heavy (non-hydrogen) atoms. The summed E-state index contributed by atoms with van der Waals surface area (Å²) >= 11 is 2.05. The summed E-state index contributed by atoms with van der Waals surface area (Å²) in [6.07, 6.45) is 7.07. The molecule has 4 heteroatoms. The van der Waals surface area contributed by atoms with Crippen LogP contribution < -0.4 is 5.32 Å². The first-order valence-corrected chi connectivity index (χ1v) is 8.78. The van der Waals surface area contributed by atoms with Crippen molar-refractivity contribution in [1.29, 1.82) is 0 Å². The summed E-state index contributed by atoms with van der Waals surface area (Å²) in [7, 11) is 0. The van der Waals surface area contributed by atoms with E-state index in [1.54, 1.807) is 0 Å². The van der Waals surface area contributed by atoms with Gasteiger partial charge in [-0.05, 0) is 38.4 Å². The Balaban J connectivity index is 2.03. The lowest BCUT2D eigenvalue weighted by atomic mass is 10.0. The molecule has 3 unspecified atom stereocenters. The van der Waals surface area contributed by atoms with Crippen molar-refractivity contribution in [2.45, 2.75) is 76.3 Å². The van der Waals surface area contributed by atoms with Gasteiger partial charge in [0, 0.05) is 11.3 Å². The molecule has 0 saturated carbocycles. The molecule has 0 aromatic rings. The van der Waals surface area contributed by atoms with Crippen molar-refractivity contribution in [3.8, 4) is 0 Å². The van der Waals surface area contributed by atoms with Gasteiger partial charge in [0.25, 0.3) is 0 Å². The second-order valence-electron chi connectivity index (χ2n) is 6.18. The second kappa shape index (κ2) is 6.49. The number of thioether (sulfide) groups is 1. The number of hydrogen-bond acceptors (Lipinski definition) is 3. The fraction of sp³-hybridized carbons (Fsp3) is 0.933. The van der Waals surface area contributed by atoms with Crippen molar-refractivity contribution < 1.29 is 4.79 Å². The van der Waals surface area contributed by atoms with Crippen molar-refractivity contribution in [2.24, 2.45) is 0 Å². The minimum absolute atomic E-state index is 0.0663. The van der Waals surface area contributed by atoms with Crippen molar-refractivity contribution in [1.82, 2.24) is 10.2 Å². The van der Waals surface area contributed by atoms with E-state index in [4.69, 9.17) is 0 Å². The highest BCUT2D eigenvalue weighted by molar-refractivity contribution is 8.00. The summed E-state index contributed by atoms with van der Waals surface area (Å²) in [4.78, 5) is 14.7. The summed E-state index contributed by atoms with van der Waals surface area (Å²) in [5.41, 5.74) is 0. The van der Waals surface area contributed by atoms with Crippen molar-refractivity contribution in [2.75, 3.05) is 12.3 Å². The van der Waals surface area contributed by atoms with Gasteiger partial charge in [-0.15, -0.1) is 0 Å². The van der Waals surface area contributed by atoms with Crippen LogP contribution in [0.4, 0.5) is 0 Å². The molecule has 0 aromatic heterocycles. The molecule has 0 aromatic carbocycles. The maximum Gasteiger partial charge on any atom is 0.241 e. The van der Waals surface area contributed by atoms with E-state index in [0.29, 0.717) is 5.91 Å². The highest BCUT2D eigenvalue weighted by Gasteiger charge is 2.42. The maximum atomic E-state index is 12.6. The number of rotatable bonds is 6. The minimum atomic E-state index is 0.0663. The van der Waals surface area contributed by atoms with Gasteiger partial charge < -0.3 is 4.90 Å². The Morgan fingerprint density at radius 3 is 2.68 bits per heavy atom. The van der Waals surface area contributed by atoms with E-state index in [0.717, 1.165) is 32.2 Å². The summed E-state index contributed by atoms with van der Waals surface area (Å²) in [5.74, 6) is 1.59. The highest BCUT2D eigenvalue weighted by atomic mass is 32.2. The number of hydrogen-bond donors (Lipinski definition) is 1. The lowest BCUT2D eigenvalue weighted by Gasteiger charge is -2.32. The summed E-state index contributed by atoms with van der Waals surface area (Å²) < 4.78 is 0.282. The molecule has 0 radical (unpaired) electrons. The molecule has 2 heterocycles. The topological polar surface area (TPSA) is 32.3 Å². The van der Waals surface area contributed by atoms with Crippen LogP contribution in [0.15, 0.2) is 0 Å². The monoisotopic (exact) mass is 284 g/mol. The van der Waals surface area contributed by atoms with Gasteiger partial charge in [-0.1, -0.05) is 26.7 Å². The van der Waals surface area contributed by atoms with E-state index in [1.807, 2.05) is 11.8 Å². The largest absolute Gasteiger partial charge is 0.324 e. The average molecular weight is 284 g/mol. The van der Waals surface area contributed by atoms with E-state index in [-0.39, 0.29) is 17.0 Å². The van der Waals surface area contributed by atoms with Crippen molar-refractivity contribution in [3.63, 3.8) is 0 Å². The summed E-state index contributed by atoms with van der Waals surface area (Å²) in [6.45, 7) is 7.60. The van der Waals surface area contributed by atoms with Gasteiger partial charge >= 0.3 is 0 Å². The first-order valence-electron chi connectivity index (χ1n) is 7.80.